The van der Waals surface area contributed by atoms with Crippen LogP contribution in [0.15, 0.2) is 60.9 Å². The van der Waals surface area contributed by atoms with Gasteiger partial charge in [-0.15, -0.1) is 0 Å². The molecule has 26 heavy (non-hydrogen) atoms. The number of anilines is 3. The van der Waals surface area contributed by atoms with Crippen molar-refractivity contribution in [3.05, 3.63) is 60.9 Å². The zero-order valence-corrected chi connectivity index (χ0v) is 14.7. The molecule has 0 fully saturated rings. The highest BCUT2D eigenvalue weighted by Crippen LogP contribution is 2.28. The van der Waals surface area contributed by atoms with Crippen LogP contribution in [0.2, 0.25) is 0 Å². The van der Waals surface area contributed by atoms with E-state index in [1.807, 2.05) is 65.5 Å². The standard InChI is InChI=1S/C20H20N6/c1-13(2)26-12-22-17-19(23-16-9-4-3-5-10-16)24-18(25-20(17)26)14-7-6-8-15(21)11-14/h3-13H,21H2,1-2H3,(H,23,24,25). The van der Waals surface area contributed by atoms with E-state index >= 15 is 0 Å². The lowest BCUT2D eigenvalue weighted by atomic mass is 10.2. The number of aromatic nitrogens is 4. The summed E-state index contributed by atoms with van der Waals surface area (Å²) in [6.07, 6.45) is 1.81. The third-order valence-electron chi connectivity index (χ3n) is 4.16. The summed E-state index contributed by atoms with van der Waals surface area (Å²) >= 11 is 0. The first-order valence-electron chi connectivity index (χ1n) is 8.54. The largest absolute Gasteiger partial charge is 0.399 e. The fraction of sp³-hybridized carbons (Fsp3) is 0.150. The molecule has 0 aliphatic rings. The first kappa shape index (κ1) is 16.1. The molecule has 2 aromatic heterocycles. The van der Waals surface area contributed by atoms with Gasteiger partial charge in [0.1, 0.15) is 0 Å². The summed E-state index contributed by atoms with van der Waals surface area (Å²) in [7, 11) is 0. The highest BCUT2D eigenvalue weighted by atomic mass is 15.2. The van der Waals surface area contributed by atoms with E-state index in [4.69, 9.17) is 15.7 Å². The molecular formula is C20H20N6. The topological polar surface area (TPSA) is 81.7 Å². The number of nitrogen functional groups attached to an aromatic ring is 1. The average Bonchev–Trinajstić information content (AvgIpc) is 3.07. The number of para-hydroxylation sites is 1. The van der Waals surface area contributed by atoms with Gasteiger partial charge in [-0.1, -0.05) is 30.3 Å². The summed E-state index contributed by atoms with van der Waals surface area (Å²) in [6, 6.07) is 17.8. The number of imidazole rings is 1. The fourth-order valence-electron chi connectivity index (χ4n) is 2.85. The van der Waals surface area contributed by atoms with E-state index in [-0.39, 0.29) is 6.04 Å². The second-order valence-electron chi connectivity index (χ2n) is 6.43. The van der Waals surface area contributed by atoms with Gasteiger partial charge in [-0.2, -0.15) is 0 Å². The van der Waals surface area contributed by atoms with Gasteiger partial charge < -0.3 is 15.6 Å². The summed E-state index contributed by atoms with van der Waals surface area (Å²) in [4.78, 5) is 14.0. The third kappa shape index (κ3) is 2.97. The number of nitrogens with zero attached hydrogens (tertiary/aromatic N) is 4. The van der Waals surface area contributed by atoms with E-state index in [0.29, 0.717) is 17.3 Å². The van der Waals surface area contributed by atoms with Crippen LogP contribution in [0.5, 0.6) is 0 Å². The quantitative estimate of drug-likeness (QED) is 0.536. The van der Waals surface area contributed by atoms with Crippen molar-refractivity contribution in [1.29, 1.82) is 0 Å². The second-order valence-corrected chi connectivity index (χ2v) is 6.43. The minimum absolute atomic E-state index is 0.244. The third-order valence-corrected chi connectivity index (χ3v) is 4.16. The number of fused-ring (bicyclic) bond motifs is 1. The monoisotopic (exact) mass is 344 g/mol. The number of nitrogens with two attached hydrogens (primary N) is 1. The van der Waals surface area contributed by atoms with Crippen molar-refractivity contribution in [1.82, 2.24) is 19.5 Å². The summed E-state index contributed by atoms with van der Waals surface area (Å²) in [5.74, 6) is 1.30. The number of benzene rings is 2. The number of rotatable bonds is 4. The van der Waals surface area contributed by atoms with Crippen LogP contribution in [0.4, 0.5) is 17.2 Å². The van der Waals surface area contributed by atoms with Gasteiger partial charge in [0.2, 0.25) is 0 Å². The van der Waals surface area contributed by atoms with Crippen LogP contribution < -0.4 is 11.1 Å². The van der Waals surface area contributed by atoms with Crippen LogP contribution in [0.25, 0.3) is 22.6 Å². The molecule has 0 radical (unpaired) electrons. The van der Waals surface area contributed by atoms with Crippen molar-refractivity contribution >= 4 is 28.4 Å². The van der Waals surface area contributed by atoms with Gasteiger partial charge in [0.15, 0.2) is 22.8 Å². The van der Waals surface area contributed by atoms with Crippen LogP contribution in [-0.2, 0) is 0 Å². The van der Waals surface area contributed by atoms with E-state index < -0.39 is 0 Å². The van der Waals surface area contributed by atoms with Gasteiger partial charge in [0, 0.05) is 23.0 Å². The molecule has 0 bridgehead atoms. The Kier molecular flexibility index (Phi) is 4.01. The molecule has 0 saturated carbocycles. The van der Waals surface area contributed by atoms with Gasteiger partial charge >= 0.3 is 0 Å². The molecule has 0 atom stereocenters. The van der Waals surface area contributed by atoms with Gasteiger partial charge in [0.25, 0.3) is 0 Å². The number of nitrogens with one attached hydrogen (secondary N) is 1. The highest BCUT2D eigenvalue weighted by Gasteiger charge is 2.16. The first-order chi connectivity index (χ1) is 12.6. The zero-order chi connectivity index (χ0) is 18.1. The smallest absolute Gasteiger partial charge is 0.166 e. The van der Waals surface area contributed by atoms with E-state index in [1.54, 1.807) is 0 Å². The molecule has 4 rings (SSSR count). The Morgan fingerprint density at radius 3 is 2.54 bits per heavy atom. The lowest BCUT2D eigenvalue weighted by molar-refractivity contribution is 0.613. The zero-order valence-electron chi connectivity index (χ0n) is 14.7. The maximum atomic E-state index is 5.94. The average molecular weight is 344 g/mol. The van der Waals surface area contributed by atoms with Crippen molar-refractivity contribution in [2.45, 2.75) is 19.9 Å². The molecule has 4 aromatic rings. The minimum Gasteiger partial charge on any atom is -0.399 e. The maximum Gasteiger partial charge on any atom is 0.166 e. The molecule has 0 saturated heterocycles. The fourth-order valence-corrected chi connectivity index (χ4v) is 2.85. The van der Waals surface area contributed by atoms with E-state index in [2.05, 4.69) is 24.1 Å². The van der Waals surface area contributed by atoms with E-state index in [9.17, 15) is 0 Å². The lowest BCUT2D eigenvalue weighted by Gasteiger charge is -2.11. The molecule has 0 unspecified atom stereocenters. The van der Waals surface area contributed by atoms with Crippen LogP contribution in [-0.4, -0.2) is 19.5 Å². The summed E-state index contributed by atoms with van der Waals surface area (Å²) in [5, 5.41) is 3.37. The van der Waals surface area contributed by atoms with Crippen molar-refractivity contribution in [2.75, 3.05) is 11.1 Å². The predicted octanol–water partition coefficient (Wildman–Crippen LogP) is 4.40. The Bertz CT molecular complexity index is 1050. The summed E-state index contributed by atoms with van der Waals surface area (Å²) < 4.78 is 2.04. The molecule has 2 aromatic carbocycles. The van der Waals surface area contributed by atoms with Crippen molar-refractivity contribution in [3.63, 3.8) is 0 Å². The van der Waals surface area contributed by atoms with Gasteiger partial charge in [-0.05, 0) is 38.1 Å². The second kappa shape index (κ2) is 6.48. The predicted molar refractivity (Wildman–Crippen MR) is 105 cm³/mol. The minimum atomic E-state index is 0.244. The van der Waals surface area contributed by atoms with E-state index in [0.717, 1.165) is 22.4 Å². The Morgan fingerprint density at radius 1 is 1.00 bits per heavy atom. The van der Waals surface area contributed by atoms with Gasteiger partial charge in [0.05, 0.1) is 6.33 Å². The van der Waals surface area contributed by atoms with Crippen LogP contribution in [0.3, 0.4) is 0 Å². The van der Waals surface area contributed by atoms with Crippen molar-refractivity contribution in [2.24, 2.45) is 0 Å². The Labute approximate surface area is 151 Å². The normalized spacial score (nSPS) is 11.2. The molecular weight excluding hydrogens is 324 g/mol. The lowest BCUT2D eigenvalue weighted by Crippen LogP contribution is -2.04. The van der Waals surface area contributed by atoms with Crippen LogP contribution >= 0.6 is 0 Å². The SMILES string of the molecule is CC(C)n1cnc2c(Nc3ccccc3)nc(-c3cccc(N)c3)nc21. The Balaban J connectivity index is 1.91. The van der Waals surface area contributed by atoms with Crippen molar-refractivity contribution in [3.8, 4) is 11.4 Å². The molecule has 0 aliphatic carbocycles. The molecule has 6 heteroatoms. The number of hydrogen-bond donors (Lipinski definition) is 2. The molecule has 3 N–H and O–H groups in total. The molecule has 6 nitrogen and oxygen atoms in total. The molecule has 0 spiro atoms. The van der Waals surface area contributed by atoms with Crippen LogP contribution in [0, 0.1) is 0 Å². The maximum absolute atomic E-state index is 5.94. The van der Waals surface area contributed by atoms with Gasteiger partial charge in [-0.3, -0.25) is 0 Å². The summed E-state index contributed by atoms with van der Waals surface area (Å²) in [5.41, 5.74) is 9.99. The van der Waals surface area contributed by atoms with Gasteiger partial charge in [-0.25, -0.2) is 15.0 Å². The molecule has 0 amide bonds. The Hall–Kier alpha value is -3.41. The summed E-state index contributed by atoms with van der Waals surface area (Å²) in [6.45, 7) is 4.21. The first-order valence-corrected chi connectivity index (χ1v) is 8.54. The van der Waals surface area contributed by atoms with Crippen molar-refractivity contribution < 1.29 is 0 Å². The number of hydrogen-bond acceptors (Lipinski definition) is 5. The molecule has 130 valence electrons. The van der Waals surface area contributed by atoms with E-state index in [1.165, 1.54) is 0 Å². The Morgan fingerprint density at radius 2 is 1.81 bits per heavy atom. The highest BCUT2D eigenvalue weighted by molar-refractivity contribution is 5.87. The molecule has 0 aliphatic heterocycles. The molecule has 2 heterocycles. The van der Waals surface area contributed by atoms with Crippen LogP contribution in [0.1, 0.15) is 19.9 Å².